The summed E-state index contributed by atoms with van der Waals surface area (Å²) in [4.78, 5) is 24.8. The minimum atomic E-state index is -0.500. The lowest BCUT2D eigenvalue weighted by atomic mass is 10.1. The Morgan fingerprint density at radius 2 is 2.00 bits per heavy atom. The number of esters is 1. The third-order valence-electron chi connectivity index (χ3n) is 3.12. The van der Waals surface area contributed by atoms with Gasteiger partial charge in [-0.25, -0.2) is 4.39 Å². The summed E-state index contributed by atoms with van der Waals surface area (Å²) >= 11 is 0. The van der Waals surface area contributed by atoms with E-state index in [2.05, 4.69) is 4.74 Å². The second-order valence-electron chi connectivity index (χ2n) is 4.45. The van der Waals surface area contributed by atoms with Gasteiger partial charge in [-0.3, -0.25) is 9.59 Å². The fourth-order valence-electron chi connectivity index (χ4n) is 1.89. The first-order valence-corrected chi connectivity index (χ1v) is 6.68. The van der Waals surface area contributed by atoms with E-state index in [1.165, 1.54) is 26.4 Å². The smallest absolute Gasteiger partial charge is 0.307 e. The van der Waals surface area contributed by atoms with E-state index in [1.807, 2.05) is 6.92 Å². The van der Waals surface area contributed by atoms with Crippen LogP contribution in [0.2, 0.25) is 0 Å². The Kier molecular flexibility index (Phi) is 6.65. The van der Waals surface area contributed by atoms with Gasteiger partial charge in [0.2, 0.25) is 5.91 Å². The van der Waals surface area contributed by atoms with Crippen molar-refractivity contribution in [3.05, 3.63) is 29.6 Å². The first-order valence-electron chi connectivity index (χ1n) is 6.68. The second-order valence-corrected chi connectivity index (χ2v) is 4.45. The Bertz CT molecular complexity index is 504. The molecule has 0 heterocycles. The molecule has 0 atom stereocenters. The molecule has 0 unspecified atom stereocenters. The molecule has 0 aliphatic heterocycles. The van der Waals surface area contributed by atoms with Crippen molar-refractivity contribution in [3.63, 3.8) is 0 Å². The zero-order chi connectivity index (χ0) is 15.8. The molecule has 6 heteroatoms. The van der Waals surface area contributed by atoms with Gasteiger partial charge in [-0.15, -0.1) is 0 Å². The largest absolute Gasteiger partial charge is 0.494 e. The Morgan fingerprint density at radius 1 is 1.29 bits per heavy atom. The van der Waals surface area contributed by atoms with Gasteiger partial charge < -0.3 is 14.4 Å². The SMILES string of the molecule is CCN(CCC(=O)OC)C(=O)Cc1ccc(OC)c(F)c1. The van der Waals surface area contributed by atoms with Crippen molar-refractivity contribution in [2.45, 2.75) is 19.8 Å². The van der Waals surface area contributed by atoms with E-state index in [0.717, 1.165) is 0 Å². The quantitative estimate of drug-likeness (QED) is 0.720. The topological polar surface area (TPSA) is 55.8 Å². The van der Waals surface area contributed by atoms with E-state index in [1.54, 1.807) is 11.0 Å². The van der Waals surface area contributed by atoms with Gasteiger partial charge in [0, 0.05) is 13.1 Å². The molecule has 1 rings (SSSR count). The van der Waals surface area contributed by atoms with Crippen molar-refractivity contribution >= 4 is 11.9 Å². The Hall–Kier alpha value is -2.11. The van der Waals surface area contributed by atoms with E-state index >= 15 is 0 Å². The third kappa shape index (κ3) is 5.06. The molecule has 1 aromatic carbocycles. The molecule has 0 bridgehead atoms. The summed E-state index contributed by atoms with van der Waals surface area (Å²) in [6.45, 7) is 2.60. The Balaban J connectivity index is 2.65. The highest BCUT2D eigenvalue weighted by Gasteiger charge is 2.15. The average Bonchev–Trinajstić information content (AvgIpc) is 2.47. The van der Waals surface area contributed by atoms with Crippen LogP contribution in [0.1, 0.15) is 18.9 Å². The molecule has 1 aromatic rings. The summed E-state index contributed by atoms with van der Waals surface area (Å²) in [6, 6.07) is 4.42. The predicted octanol–water partition coefficient (Wildman–Crippen LogP) is 1.79. The number of rotatable bonds is 7. The van der Waals surface area contributed by atoms with Gasteiger partial charge in [-0.2, -0.15) is 0 Å². The molecule has 0 aromatic heterocycles. The molecule has 0 N–H and O–H groups in total. The summed E-state index contributed by atoms with van der Waals surface area (Å²) in [6.07, 6.45) is 0.225. The maximum atomic E-state index is 13.6. The predicted molar refractivity (Wildman–Crippen MR) is 75.5 cm³/mol. The Morgan fingerprint density at radius 3 is 2.52 bits per heavy atom. The van der Waals surface area contributed by atoms with Gasteiger partial charge in [0.15, 0.2) is 11.6 Å². The van der Waals surface area contributed by atoms with Crippen LogP contribution in [0.4, 0.5) is 4.39 Å². The zero-order valence-electron chi connectivity index (χ0n) is 12.5. The molecular formula is C15H20FNO4. The van der Waals surface area contributed by atoms with Crippen LogP contribution in [0.5, 0.6) is 5.75 Å². The molecule has 0 aliphatic rings. The maximum Gasteiger partial charge on any atom is 0.307 e. The molecule has 21 heavy (non-hydrogen) atoms. The number of halogens is 1. The number of ether oxygens (including phenoxy) is 2. The number of hydrogen-bond donors (Lipinski definition) is 0. The van der Waals surface area contributed by atoms with Crippen LogP contribution in [0.3, 0.4) is 0 Å². The first kappa shape index (κ1) is 16.9. The number of amides is 1. The highest BCUT2D eigenvalue weighted by Crippen LogP contribution is 2.18. The van der Waals surface area contributed by atoms with Crippen LogP contribution in [-0.2, 0) is 20.7 Å². The molecule has 0 saturated carbocycles. The standard InChI is InChI=1S/C15H20FNO4/c1-4-17(8-7-15(19)21-3)14(18)10-11-5-6-13(20-2)12(16)9-11/h5-6,9H,4,7-8,10H2,1-3H3. The van der Waals surface area contributed by atoms with Crippen molar-refractivity contribution < 1.29 is 23.5 Å². The molecule has 0 saturated heterocycles. The van der Waals surface area contributed by atoms with Gasteiger partial charge in [0.1, 0.15) is 0 Å². The molecule has 0 spiro atoms. The molecule has 0 aliphatic carbocycles. The number of carbonyl (C=O) groups excluding carboxylic acids is 2. The molecule has 0 radical (unpaired) electrons. The van der Waals surface area contributed by atoms with Crippen molar-refractivity contribution in [3.8, 4) is 5.75 Å². The van der Waals surface area contributed by atoms with E-state index in [0.29, 0.717) is 18.7 Å². The van der Waals surface area contributed by atoms with Gasteiger partial charge >= 0.3 is 5.97 Å². The average molecular weight is 297 g/mol. The van der Waals surface area contributed by atoms with Crippen molar-refractivity contribution in [2.75, 3.05) is 27.3 Å². The summed E-state index contributed by atoms with van der Waals surface area (Å²) < 4.78 is 22.9. The lowest BCUT2D eigenvalue weighted by molar-refractivity contribution is -0.141. The first-order chi connectivity index (χ1) is 10.0. The number of methoxy groups -OCH3 is 2. The van der Waals surface area contributed by atoms with E-state index in [4.69, 9.17) is 4.74 Å². The molecule has 1 amide bonds. The lowest BCUT2D eigenvalue weighted by Gasteiger charge is -2.20. The maximum absolute atomic E-state index is 13.6. The van der Waals surface area contributed by atoms with Crippen LogP contribution in [-0.4, -0.2) is 44.1 Å². The van der Waals surface area contributed by atoms with Gasteiger partial charge in [-0.05, 0) is 24.6 Å². The van der Waals surface area contributed by atoms with Crippen molar-refractivity contribution in [1.29, 1.82) is 0 Å². The number of nitrogens with zero attached hydrogens (tertiary/aromatic N) is 1. The van der Waals surface area contributed by atoms with Gasteiger partial charge in [0.05, 0.1) is 27.1 Å². The van der Waals surface area contributed by atoms with Gasteiger partial charge in [-0.1, -0.05) is 6.07 Å². The fraction of sp³-hybridized carbons (Fsp3) is 0.467. The molecule has 116 valence electrons. The van der Waals surface area contributed by atoms with Crippen LogP contribution in [0.25, 0.3) is 0 Å². The van der Waals surface area contributed by atoms with Crippen molar-refractivity contribution in [2.24, 2.45) is 0 Å². The van der Waals surface area contributed by atoms with Crippen LogP contribution in [0.15, 0.2) is 18.2 Å². The lowest BCUT2D eigenvalue weighted by Crippen LogP contribution is -2.34. The minimum absolute atomic E-state index is 0.0793. The highest BCUT2D eigenvalue weighted by atomic mass is 19.1. The number of hydrogen-bond acceptors (Lipinski definition) is 4. The summed E-state index contributed by atoms with van der Waals surface area (Å²) in [5, 5.41) is 0. The number of likely N-dealkylation sites (N-methyl/N-ethyl adjacent to an activating group) is 1. The molecule has 0 fully saturated rings. The van der Waals surface area contributed by atoms with E-state index in [-0.39, 0.29) is 30.5 Å². The Labute approximate surface area is 123 Å². The minimum Gasteiger partial charge on any atom is -0.494 e. The van der Waals surface area contributed by atoms with Crippen molar-refractivity contribution in [1.82, 2.24) is 4.90 Å². The third-order valence-corrected chi connectivity index (χ3v) is 3.12. The summed E-state index contributed by atoms with van der Waals surface area (Å²) in [5.41, 5.74) is 0.565. The summed E-state index contributed by atoms with van der Waals surface area (Å²) in [7, 11) is 2.69. The fourth-order valence-corrected chi connectivity index (χ4v) is 1.89. The number of carbonyl (C=O) groups is 2. The molecule has 5 nitrogen and oxygen atoms in total. The highest BCUT2D eigenvalue weighted by molar-refractivity contribution is 5.79. The van der Waals surface area contributed by atoms with Crippen LogP contribution < -0.4 is 4.74 Å². The van der Waals surface area contributed by atoms with Gasteiger partial charge in [0.25, 0.3) is 0 Å². The zero-order valence-corrected chi connectivity index (χ0v) is 12.5. The monoisotopic (exact) mass is 297 g/mol. The summed E-state index contributed by atoms with van der Waals surface area (Å²) in [5.74, 6) is -0.882. The second kappa shape index (κ2) is 8.24. The van der Waals surface area contributed by atoms with E-state index < -0.39 is 5.82 Å². The molecular weight excluding hydrogens is 277 g/mol. The van der Waals surface area contributed by atoms with E-state index in [9.17, 15) is 14.0 Å². The number of benzene rings is 1. The normalized spacial score (nSPS) is 10.1. The van der Waals surface area contributed by atoms with Crippen LogP contribution >= 0.6 is 0 Å². The van der Waals surface area contributed by atoms with Crippen LogP contribution in [0, 0.1) is 5.82 Å².